The van der Waals surface area contributed by atoms with Crippen molar-refractivity contribution in [1.82, 2.24) is 4.00 Å². The van der Waals surface area contributed by atoms with E-state index in [2.05, 4.69) is 62.9 Å². The third kappa shape index (κ3) is 6.79. The van der Waals surface area contributed by atoms with Crippen molar-refractivity contribution in [2.24, 2.45) is 4.41 Å². The molecule has 0 heterocycles. The Morgan fingerprint density at radius 1 is 0.733 bits per heavy atom. The van der Waals surface area contributed by atoms with Crippen LogP contribution in [-0.4, -0.2) is 28.7 Å². The van der Waals surface area contributed by atoms with Gasteiger partial charge in [-0.25, -0.2) is 0 Å². The van der Waals surface area contributed by atoms with Gasteiger partial charge in [0.15, 0.2) is 8.24 Å². The van der Waals surface area contributed by atoms with Crippen LogP contribution in [0.25, 0.3) is 0 Å². The van der Waals surface area contributed by atoms with Crippen LogP contribution in [-0.2, 0) is 0 Å². The highest BCUT2D eigenvalue weighted by atomic mass is 31.1. The third-order valence-electron chi connectivity index (χ3n) is 1.70. The molecule has 0 unspecified atom stereocenters. The lowest BCUT2D eigenvalue weighted by Crippen LogP contribution is -2.53. The van der Waals surface area contributed by atoms with Crippen LogP contribution in [0.3, 0.4) is 0 Å². The second-order valence-electron chi connectivity index (χ2n) is 7.01. The van der Waals surface area contributed by atoms with E-state index in [0.29, 0.717) is 0 Å². The highest BCUT2D eigenvalue weighted by molar-refractivity contribution is 7.35. The minimum atomic E-state index is -1.26. The van der Waals surface area contributed by atoms with E-state index < -0.39 is 24.7 Å². The van der Waals surface area contributed by atoms with Gasteiger partial charge in [-0.05, 0) is 19.6 Å². The van der Waals surface area contributed by atoms with Crippen LogP contribution >= 0.6 is 8.52 Å². The fraction of sp³-hybridized carbons (Fsp3) is 1.00. The molecule has 0 fully saturated rings. The smallest absolute Gasteiger partial charge is 0.179 e. The van der Waals surface area contributed by atoms with Crippen molar-refractivity contribution in [1.29, 1.82) is 0 Å². The van der Waals surface area contributed by atoms with Crippen molar-refractivity contribution in [2.75, 3.05) is 0 Å². The molecular formula is C9H27N2PSi3. The average Bonchev–Trinajstić information content (AvgIpc) is 1.75. The van der Waals surface area contributed by atoms with Crippen molar-refractivity contribution in [3.63, 3.8) is 0 Å². The summed E-state index contributed by atoms with van der Waals surface area (Å²) in [6, 6.07) is 0. The molecule has 0 saturated carbocycles. The summed E-state index contributed by atoms with van der Waals surface area (Å²) in [5, 5.41) is 0. The van der Waals surface area contributed by atoms with Gasteiger partial charge in [0.05, 0.1) is 8.52 Å². The minimum Gasteiger partial charge on any atom is -0.294 e. The van der Waals surface area contributed by atoms with Gasteiger partial charge < -0.3 is 0 Å². The molecule has 0 spiro atoms. The van der Waals surface area contributed by atoms with Gasteiger partial charge >= 0.3 is 0 Å². The summed E-state index contributed by atoms with van der Waals surface area (Å²) in [6.07, 6.45) is 0. The first-order valence-electron chi connectivity index (χ1n) is 5.57. The van der Waals surface area contributed by atoms with Crippen molar-refractivity contribution in [3.8, 4) is 0 Å². The summed E-state index contributed by atoms with van der Waals surface area (Å²) in [5.41, 5.74) is 0. The minimum absolute atomic E-state index is 1.21. The van der Waals surface area contributed by atoms with Crippen LogP contribution in [0.2, 0.25) is 58.9 Å². The molecule has 0 aliphatic rings. The van der Waals surface area contributed by atoms with Gasteiger partial charge in [0.2, 0.25) is 0 Å². The Morgan fingerprint density at radius 2 is 1.07 bits per heavy atom. The van der Waals surface area contributed by atoms with Crippen molar-refractivity contribution in [3.05, 3.63) is 0 Å². The maximum atomic E-state index is 4.90. The fourth-order valence-electron chi connectivity index (χ4n) is 1.45. The first-order chi connectivity index (χ1) is 6.34. The predicted molar refractivity (Wildman–Crippen MR) is 81.2 cm³/mol. The van der Waals surface area contributed by atoms with E-state index in [-0.39, 0.29) is 0 Å². The van der Waals surface area contributed by atoms with Gasteiger partial charge in [0, 0.05) is 0 Å². The van der Waals surface area contributed by atoms with Crippen LogP contribution in [0.5, 0.6) is 0 Å². The zero-order valence-electron chi connectivity index (χ0n) is 11.8. The highest BCUT2D eigenvalue weighted by Crippen LogP contribution is 2.30. The van der Waals surface area contributed by atoms with E-state index in [1.165, 1.54) is 8.52 Å². The van der Waals surface area contributed by atoms with E-state index in [9.17, 15) is 0 Å². The van der Waals surface area contributed by atoms with E-state index in [1.54, 1.807) is 0 Å². The van der Waals surface area contributed by atoms with Gasteiger partial charge in [-0.1, -0.05) is 39.3 Å². The Hall–Kier alpha value is 0.711. The second kappa shape index (κ2) is 4.92. The van der Waals surface area contributed by atoms with Crippen LogP contribution in [0.15, 0.2) is 4.41 Å². The van der Waals surface area contributed by atoms with E-state index in [4.69, 9.17) is 4.41 Å². The molecule has 0 aromatic rings. The topological polar surface area (TPSA) is 15.6 Å². The molecule has 2 nitrogen and oxygen atoms in total. The maximum absolute atomic E-state index is 4.90. The van der Waals surface area contributed by atoms with Crippen molar-refractivity contribution >= 4 is 33.2 Å². The molecular weight excluding hydrogens is 251 g/mol. The molecule has 0 amide bonds. The fourth-order valence-corrected chi connectivity index (χ4v) is 13.9. The highest BCUT2D eigenvalue weighted by Gasteiger charge is 2.34. The molecule has 0 aromatic heterocycles. The SMILES string of the molecule is C[Si](C)(C)N=PN([Si](C)(C)C)[Si](C)(C)C. The summed E-state index contributed by atoms with van der Waals surface area (Å²) in [4.78, 5) is 0. The Kier molecular flexibility index (Phi) is 5.15. The molecule has 0 atom stereocenters. The van der Waals surface area contributed by atoms with Gasteiger partial charge in [-0.3, -0.25) is 8.41 Å². The third-order valence-corrected chi connectivity index (χ3v) is 15.3. The Balaban J connectivity index is 4.94. The van der Waals surface area contributed by atoms with Gasteiger partial charge in [0.1, 0.15) is 16.5 Å². The van der Waals surface area contributed by atoms with Crippen LogP contribution < -0.4 is 0 Å². The molecule has 0 aliphatic heterocycles. The van der Waals surface area contributed by atoms with Gasteiger partial charge in [-0.2, -0.15) is 0 Å². The summed E-state index contributed by atoms with van der Waals surface area (Å²) in [6.45, 7) is 21.5. The maximum Gasteiger partial charge on any atom is 0.179 e. The first kappa shape index (κ1) is 15.7. The van der Waals surface area contributed by atoms with Crippen molar-refractivity contribution in [2.45, 2.75) is 58.9 Å². The summed E-state index contributed by atoms with van der Waals surface area (Å²) in [7, 11) is -2.43. The second-order valence-corrected chi connectivity index (χ2v) is 23.5. The normalized spacial score (nSPS) is 15.3. The lowest BCUT2D eigenvalue weighted by atomic mass is 11.8. The molecule has 0 N–H and O–H groups in total. The van der Waals surface area contributed by atoms with Crippen LogP contribution in [0.4, 0.5) is 0 Å². The van der Waals surface area contributed by atoms with Crippen molar-refractivity contribution < 1.29 is 0 Å². The first-order valence-corrected chi connectivity index (χ1v) is 16.7. The Bertz CT molecular complexity index is 221. The standard InChI is InChI=1S/C9H27N2PSi3/c1-13(2,3)10-12-11(14(4,5)6)15(7,8)9/h1-9H3. The molecule has 0 bridgehead atoms. The number of rotatable bonds is 4. The van der Waals surface area contributed by atoms with E-state index in [1.807, 2.05) is 0 Å². The Morgan fingerprint density at radius 3 is 1.27 bits per heavy atom. The molecule has 15 heavy (non-hydrogen) atoms. The number of hydrogen-bond donors (Lipinski definition) is 0. The van der Waals surface area contributed by atoms with Gasteiger partial charge in [-0.15, -0.1) is 0 Å². The van der Waals surface area contributed by atoms with Crippen LogP contribution in [0, 0.1) is 0 Å². The molecule has 0 saturated heterocycles. The predicted octanol–water partition coefficient (Wildman–Crippen LogP) is 4.84. The molecule has 6 heteroatoms. The summed E-state index contributed by atoms with van der Waals surface area (Å²) >= 11 is 0. The molecule has 0 rings (SSSR count). The number of nitrogens with zero attached hydrogens (tertiary/aromatic N) is 2. The molecule has 90 valence electrons. The number of hydrogen-bond acceptors (Lipinski definition) is 1. The zero-order chi connectivity index (χ0) is 12.5. The molecule has 0 aliphatic carbocycles. The molecule has 0 aromatic carbocycles. The lowest BCUT2D eigenvalue weighted by molar-refractivity contribution is 0.992. The Labute approximate surface area is 101 Å². The monoisotopic (exact) mass is 278 g/mol. The van der Waals surface area contributed by atoms with E-state index in [0.717, 1.165) is 0 Å². The summed E-state index contributed by atoms with van der Waals surface area (Å²) in [5.74, 6) is 0. The van der Waals surface area contributed by atoms with E-state index >= 15 is 0 Å². The zero-order valence-corrected chi connectivity index (χ0v) is 15.7. The quantitative estimate of drug-likeness (QED) is 0.531. The lowest BCUT2D eigenvalue weighted by Gasteiger charge is -2.39. The average molecular weight is 279 g/mol. The largest absolute Gasteiger partial charge is 0.294 e. The van der Waals surface area contributed by atoms with Crippen LogP contribution in [0.1, 0.15) is 0 Å². The molecule has 0 radical (unpaired) electrons. The summed E-state index contributed by atoms with van der Waals surface area (Å²) < 4.78 is 7.62. The van der Waals surface area contributed by atoms with Gasteiger partial charge in [0.25, 0.3) is 0 Å².